The van der Waals surface area contributed by atoms with Crippen molar-refractivity contribution in [2.75, 3.05) is 18.0 Å². The number of anilines is 1. The fraction of sp³-hybridized carbons (Fsp3) is 0.273. The van der Waals surface area contributed by atoms with Crippen LogP contribution in [0.4, 0.5) is 19.0 Å². The predicted octanol–water partition coefficient (Wildman–Crippen LogP) is 1.62. The number of aromatic nitrogens is 1. The molecule has 0 fully saturated rings. The minimum atomic E-state index is -4.62. The van der Waals surface area contributed by atoms with Crippen LogP contribution in [0, 0.1) is 12.3 Å². The molecule has 0 atom stereocenters. The quantitative estimate of drug-likeness (QED) is 0.834. The molecule has 0 aliphatic heterocycles. The molecular weight excluding hydrogens is 249 g/mol. The third kappa shape index (κ3) is 3.38. The molecule has 0 saturated heterocycles. The molecule has 1 aromatic rings. The lowest BCUT2D eigenvalue weighted by Gasteiger charge is -2.22. The molecule has 7 heteroatoms. The summed E-state index contributed by atoms with van der Waals surface area (Å²) in [6.45, 7) is -0.920. The van der Waals surface area contributed by atoms with Gasteiger partial charge in [0.15, 0.2) is 0 Å². The Labute approximate surface area is 101 Å². The van der Waals surface area contributed by atoms with Crippen molar-refractivity contribution in [3.8, 4) is 12.3 Å². The smallest absolute Gasteiger partial charge is 0.419 e. The van der Waals surface area contributed by atoms with Crippen LogP contribution in [0.1, 0.15) is 5.56 Å². The van der Waals surface area contributed by atoms with Gasteiger partial charge in [-0.15, -0.1) is 6.42 Å². The van der Waals surface area contributed by atoms with E-state index in [4.69, 9.17) is 11.5 Å². The Bertz CT molecular complexity index is 480. The molecular formula is C11H9F3N2O2. The molecule has 4 nitrogen and oxygen atoms in total. The van der Waals surface area contributed by atoms with Gasteiger partial charge in [0.05, 0.1) is 12.1 Å². The average molecular weight is 258 g/mol. The zero-order chi connectivity index (χ0) is 13.8. The van der Waals surface area contributed by atoms with Crippen LogP contribution in [0.3, 0.4) is 0 Å². The van der Waals surface area contributed by atoms with Gasteiger partial charge in [0, 0.05) is 6.20 Å². The van der Waals surface area contributed by atoms with E-state index in [9.17, 15) is 18.0 Å². The summed E-state index contributed by atoms with van der Waals surface area (Å²) >= 11 is 0. The Hall–Kier alpha value is -2.23. The molecule has 0 bridgehead atoms. The summed E-state index contributed by atoms with van der Waals surface area (Å²) in [5, 5.41) is 8.65. The van der Waals surface area contributed by atoms with Gasteiger partial charge in [-0.2, -0.15) is 13.2 Å². The van der Waals surface area contributed by atoms with Crippen molar-refractivity contribution in [3.63, 3.8) is 0 Å². The lowest BCUT2D eigenvalue weighted by molar-refractivity contribution is -0.138. The number of carboxylic acid groups (broad SMARTS) is 1. The Morgan fingerprint density at radius 1 is 1.56 bits per heavy atom. The summed E-state index contributed by atoms with van der Waals surface area (Å²) in [6.07, 6.45) is 1.54. The fourth-order valence-corrected chi connectivity index (χ4v) is 1.35. The zero-order valence-electron chi connectivity index (χ0n) is 9.11. The van der Waals surface area contributed by atoms with E-state index >= 15 is 0 Å². The lowest BCUT2D eigenvalue weighted by atomic mass is 10.2. The highest BCUT2D eigenvalue weighted by Crippen LogP contribution is 2.34. The van der Waals surface area contributed by atoms with Crippen molar-refractivity contribution in [1.29, 1.82) is 0 Å². The van der Waals surface area contributed by atoms with Gasteiger partial charge in [0.1, 0.15) is 12.4 Å². The topological polar surface area (TPSA) is 53.4 Å². The second-order valence-electron chi connectivity index (χ2n) is 3.33. The lowest BCUT2D eigenvalue weighted by Crippen LogP contribution is -2.32. The number of hydrogen-bond donors (Lipinski definition) is 1. The molecule has 0 spiro atoms. The molecule has 0 aliphatic carbocycles. The van der Waals surface area contributed by atoms with E-state index in [2.05, 4.69) is 10.9 Å². The van der Waals surface area contributed by atoms with Crippen LogP contribution in [-0.2, 0) is 11.0 Å². The second-order valence-corrected chi connectivity index (χ2v) is 3.33. The third-order valence-electron chi connectivity index (χ3n) is 2.00. The number of aliphatic carboxylic acids is 1. The van der Waals surface area contributed by atoms with Crippen LogP contribution >= 0.6 is 0 Å². The molecule has 0 saturated carbocycles. The van der Waals surface area contributed by atoms with Crippen LogP contribution in [-0.4, -0.2) is 29.1 Å². The maximum atomic E-state index is 12.7. The van der Waals surface area contributed by atoms with Crippen LogP contribution in [0.15, 0.2) is 18.3 Å². The van der Waals surface area contributed by atoms with E-state index in [0.717, 1.165) is 23.2 Å². The third-order valence-corrected chi connectivity index (χ3v) is 2.00. The van der Waals surface area contributed by atoms with Gasteiger partial charge in [0.2, 0.25) is 0 Å². The first-order chi connectivity index (χ1) is 8.36. The Kier molecular flexibility index (Phi) is 4.15. The minimum Gasteiger partial charge on any atom is -0.480 e. The summed E-state index contributed by atoms with van der Waals surface area (Å²) < 4.78 is 38.2. The maximum Gasteiger partial charge on any atom is 0.419 e. The average Bonchev–Trinajstić information content (AvgIpc) is 2.27. The molecule has 96 valence electrons. The number of terminal acetylenes is 1. The van der Waals surface area contributed by atoms with Crippen LogP contribution in [0.25, 0.3) is 0 Å². The SMILES string of the molecule is C#CCN(CC(=O)O)c1ncccc1C(F)(F)F. The number of nitrogens with zero attached hydrogens (tertiary/aromatic N) is 2. The van der Waals surface area contributed by atoms with Crippen LogP contribution < -0.4 is 4.90 Å². The van der Waals surface area contributed by atoms with E-state index in [1.807, 2.05) is 0 Å². The first-order valence-electron chi connectivity index (χ1n) is 4.78. The van der Waals surface area contributed by atoms with E-state index in [1.54, 1.807) is 0 Å². The number of hydrogen-bond acceptors (Lipinski definition) is 3. The molecule has 0 aliphatic rings. The van der Waals surface area contributed by atoms with Crippen molar-refractivity contribution in [2.45, 2.75) is 6.18 Å². The second kappa shape index (κ2) is 5.40. The first-order valence-corrected chi connectivity index (χ1v) is 4.78. The Balaban J connectivity index is 3.20. The van der Waals surface area contributed by atoms with Crippen LogP contribution in [0.2, 0.25) is 0 Å². The van der Waals surface area contributed by atoms with Gasteiger partial charge in [-0.25, -0.2) is 4.98 Å². The van der Waals surface area contributed by atoms with Crippen molar-refractivity contribution < 1.29 is 23.1 Å². The summed E-state index contributed by atoms with van der Waals surface area (Å²) in [4.78, 5) is 15.0. The molecule has 0 amide bonds. The number of alkyl halides is 3. The van der Waals surface area contributed by atoms with Gasteiger partial charge >= 0.3 is 12.1 Å². The number of halogens is 3. The highest BCUT2D eigenvalue weighted by atomic mass is 19.4. The van der Waals surface area contributed by atoms with Crippen LogP contribution in [0.5, 0.6) is 0 Å². The standard InChI is InChI=1S/C11H9F3N2O2/c1-2-6-16(7-9(17)18)10-8(11(12,13)14)4-3-5-15-10/h1,3-5H,6-7H2,(H,17,18). The first kappa shape index (κ1) is 13.8. The predicted molar refractivity (Wildman–Crippen MR) is 57.9 cm³/mol. The normalized spacial score (nSPS) is 10.8. The maximum absolute atomic E-state index is 12.7. The largest absolute Gasteiger partial charge is 0.480 e. The summed E-state index contributed by atoms with van der Waals surface area (Å²) in [5.41, 5.74) is -1.01. The summed E-state index contributed by atoms with van der Waals surface area (Å²) in [5.74, 6) is 0.336. The molecule has 1 heterocycles. The van der Waals surface area contributed by atoms with Crippen molar-refractivity contribution >= 4 is 11.8 Å². The van der Waals surface area contributed by atoms with Gasteiger partial charge in [0.25, 0.3) is 0 Å². The van der Waals surface area contributed by atoms with Crippen molar-refractivity contribution in [3.05, 3.63) is 23.9 Å². The van der Waals surface area contributed by atoms with Gasteiger partial charge < -0.3 is 10.0 Å². The van der Waals surface area contributed by atoms with E-state index in [0.29, 0.717) is 0 Å². The molecule has 0 aromatic carbocycles. The monoisotopic (exact) mass is 258 g/mol. The highest BCUT2D eigenvalue weighted by Gasteiger charge is 2.35. The minimum absolute atomic E-state index is 0.271. The van der Waals surface area contributed by atoms with E-state index < -0.39 is 30.1 Å². The Morgan fingerprint density at radius 3 is 2.72 bits per heavy atom. The zero-order valence-corrected chi connectivity index (χ0v) is 9.11. The fourth-order valence-electron chi connectivity index (χ4n) is 1.35. The van der Waals surface area contributed by atoms with Gasteiger partial charge in [-0.3, -0.25) is 4.79 Å². The molecule has 0 radical (unpaired) electrons. The highest BCUT2D eigenvalue weighted by molar-refractivity contribution is 5.74. The number of carboxylic acids is 1. The number of pyridine rings is 1. The molecule has 1 aromatic heterocycles. The Morgan fingerprint density at radius 2 is 2.22 bits per heavy atom. The molecule has 18 heavy (non-hydrogen) atoms. The molecule has 0 unspecified atom stereocenters. The molecule has 1 N–H and O–H groups in total. The number of rotatable bonds is 4. The number of carbonyl (C=O) groups is 1. The summed E-state index contributed by atoms with van der Waals surface area (Å²) in [6, 6.07) is 1.95. The summed E-state index contributed by atoms with van der Waals surface area (Å²) in [7, 11) is 0. The molecule has 1 rings (SSSR count). The van der Waals surface area contributed by atoms with E-state index in [1.165, 1.54) is 0 Å². The van der Waals surface area contributed by atoms with E-state index in [-0.39, 0.29) is 6.54 Å². The van der Waals surface area contributed by atoms with Gasteiger partial charge in [-0.1, -0.05) is 5.92 Å². The van der Waals surface area contributed by atoms with Crippen molar-refractivity contribution in [1.82, 2.24) is 4.98 Å². The van der Waals surface area contributed by atoms with Crippen molar-refractivity contribution in [2.24, 2.45) is 0 Å². The van der Waals surface area contributed by atoms with Gasteiger partial charge in [-0.05, 0) is 12.1 Å².